The lowest BCUT2D eigenvalue weighted by Crippen LogP contribution is -2.20. The van der Waals surface area contributed by atoms with Crippen LogP contribution in [0.5, 0.6) is 0 Å². The van der Waals surface area contributed by atoms with Crippen molar-refractivity contribution < 1.29 is 9.50 Å². The van der Waals surface area contributed by atoms with Crippen molar-refractivity contribution in [2.45, 2.75) is 25.7 Å². The van der Waals surface area contributed by atoms with Crippen LogP contribution in [0.25, 0.3) is 0 Å². The van der Waals surface area contributed by atoms with Gasteiger partial charge in [-0.1, -0.05) is 13.0 Å². The molecule has 3 heteroatoms. The van der Waals surface area contributed by atoms with E-state index in [-0.39, 0.29) is 18.3 Å². The summed E-state index contributed by atoms with van der Waals surface area (Å²) in [4.78, 5) is 2.21. The van der Waals surface area contributed by atoms with Crippen molar-refractivity contribution >= 4 is 5.69 Å². The van der Waals surface area contributed by atoms with Crippen LogP contribution >= 0.6 is 0 Å². The van der Waals surface area contributed by atoms with Gasteiger partial charge in [0.05, 0.1) is 0 Å². The van der Waals surface area contributed by atoms with E-state index in [2.05, 4.69) is 4.90 Å². The predicted octanol–water partition coefficient (Wildman–Crippen LogP) is 2.52. The molecular formula is C13H18FNO. The molecule has 0 bridgehead atoms. The molecule has 0 aliphatic carbocycles. The third-order valence-corrected chi connectivity index (χ3v) is 3.24. The molecule has 0 amide bonds. The molecule has 0 saturated carbocycles. The molecule has 1 saturated heterocycles. The second-order valence-corrected chi connectivity index (χ2v) is 4.48. The normalized spacial score (nSPS) is 17.8. The summed E-state index contributed by atoms with van der Waals surface area (Å²) >= 11 is 0. The van der Waals surface area contributed by atoms with Gasteiger partial charge in [-0.3, -0.25) is 0 Å². The highest BCUT2D eigenvalue weighted by Crippen LogP contribution is 2.30. The molecule has 2 rings (SSSR count). The van der Waals surface area contributed by atoms with Crippen molar-refractivity contribution in [3.63, 3.8) is 0 Å². The second kappa shape index (κ2) is 4.83. The van der Waals surface area contributed by atoms with Crippen LogP contribution in [0.1, 0.15) is 31.2 Å². The molecule has 1 fully saturated rings. The first-order chi connectivity index (χ1) is 7.72. The maximum atomic E-state index is 13.3. The number of halogens is 1. The molecule has 1 aromatic rings. The molecule has 1 aromatic carbocycles. The van der Waals surface area contributed by atoms with Gasteiger partial charge in [-0.2, -0.15) is 0 Å². The molecule has 1 aliphatic rings. The third-order valence-electron chi connectivity index (χ3n) is 3.24. The summed E-state index contributed by atoms with van der Waals surface area (Å²) < 4.78 is 13.3. The van der Waals surface area contributed by atoms with E-state index < -0.39 is 0 Å². The molecule has 1 atom stereocenters. The van der Waals surface area contributed by atoms with Gasteiger partial charge in [0, 0.05) is 31.3 Å². The Morgan fingerprint density at radius 3 is 2.69 bits per heavy atom. The van der Waals surface area contributed by atoms with Gasteiger partial charge in [0.25, 0.3) is 0 Å². The Hall–Kier alpha value is -1.09. The first-order valence-corrected chi connectivity index (χ1v) is 5.87. The summed E-state index contributed by atoms with van der Waals surface area (Å²) in [5, 5.41) is 9.21. The number of aliphatic hydroxyl groups is 1. The van der Waals surface area contributed by atoms with E-state index in [1.165, 1.54) is 18.9 Å². The van der Waals surface area contributed by atoms with Gasteiger partial charge >= 0.3 is 0 Å². The Morgan fingerprint density at radius 2 is 2.06 bits per heavy atom. The zero-order valence-electron chi connectivity index (χ0n) is 9.62. The van der Waals surface area contributed by atoms with Crippen LogP contribution in [0.3, 0.4) is 0 Å². The van der Waals surface area contributed by atoms with E-state index in [4.69, 9.17) is 0 Å². The van der Waals surface area contributed by atoms with Crippen LogP contribution in [-0.2, 0) is 0 Å². The SMILES string of the molecule is CC(CO)c1ccc(F)cc1N1CCCC1. The van der Waals surface area contributed by atoms with Crippen LogP contribution < -0.4 is 4.90 Å². The number of benzene rings is 1. The van der Waals surface area contributed by atoms with Crippen LogP contribution in [0.4, 0.5) is 10.1 Å². The molecular weight excluding hydrogens is 205 g/mol. The zero-order chi connectivity index (χ0) is 11.5. The second-order valence-electron chi connectivity index (χ2n) is 4.48. The maximum Gasteiger partial charge on any atom is 0.125 e. The monoisotopic (exact) mass is 223 g/mol. The molecule has 0 aromatic heterocycles. The first-order valence-electron chi connectivity index (χ1n) is 5.87. The molecule has 16 heavy (non-hydrogen) atoms. The highest BCUT2D eigenvalue weighted by Gasteiger charge is 2.18. The van der Waals surface area contributed by atoms with E-state index in [9.17, 15) is 9.50 Å². The zero-order valence-corrected chi connectivity index (χ0v) is 9.62. The minimum absolute atomic E-state index is 0.0659. The lowest BCUT2D eigenvalue weighted by atomic mass is 9.99. The lowest BCUT2D eigenvalue weighted by Gasteiger charge is -2.23. The Bertz CT molecular complexity index is 361. The Kier molecular flexibility index (Phi) is 3.44. The molecule has 2 nitrogen and oxygen atoms in total. The van der Waals surface area contributed by atoms with Crippen molar-refractivity contribution in [1.82, 2.24) is 0 Å². The molecule has 1 aliphatic heterocycles. The van der Waals surface area contributed by atoms with Crippen molar-refractivity contribution in [1.29, 1.82) is 0 Å². The Balaban J connectivity index is 2.35. The summed E-state index contributed by atoms with van der Waals surface area (Å²) in [5.74, 6) is -0.132. The molecule has 1 N–H and O–H groups in total. The summed E-state index contributed by atoms with van der Waals surface area (Å²) in [7, 11) is 0. The van der Waals surface area contributed by atoms with Crippen molar-refractivity contribution in [3.05, 3.63) is 29.6 Å². The Morgan fingerprint density at radius 1 is 1.38 bits per heavy atom. The fourth-order valence-electron chi connectivity index (χ4n) is 2.26. The average molecular weight is 223 g/mol. The summed E-state index contributed by atoms with van der Waals surface area (Å²) in [6, 6.07) is 4.86. The van der Waals surface area contributed by atoms with Gasteiger partial charge in [-0.15, -0.1) is 0 Å². The fraction of sp³-hybridized carbons (Fsp3) is 0.538. The van der Waals surface area contributed by atoms with Crippen molar-refractivity contribution in [2.24, 2.45) is 0 Å². The van der Waals surface area contributed by atoms with Gasteiger partial charge in [0.2, 0.25) is 0 Å². The van der Waals surface area contributed by atoms with Crippen LogP contribution in [0.2, 0.25) is 0 Å². The number of nitrogens with zero attached hydrogens (tertiary/aromatic N) is 1. The number of anilines is 1. The summed E-state index contributed by atoms with van der Waals surface area (Å²) in [5.41, 5.74) is 2.00. The van der Waals surface area contributed by atoms with Gasteiger partial charge in [-0.25, -0.2) is 4.39 Å². The van der Waals surface area contributed by atoms with Gasteiger partial charge in [-0.05, 0) is 30.5 Å². The van der Waals surface area contributed by atoms with Gasteiger partial charge in [0.15, 0.2) is 0 Å². The predicted molar refractivity (Wildman–Crippen MR) is 63.3 cm³/mol. The van der Waals surface area contributed by atoms with Gasteiger partial charge in [0.1, 0.15) is 5.82 Å². The Labute approximate surface area is 95.7 Å². The van der Waals surface area contributed by atoms with E-state index >= 15 is 0 Å². The third kappa shape index (κ3) is 2.19. The fourth-order valence-corrected chi connectivity index (χ4v) is 2.26. The van der Waals surface area contributed by atoms with Crippen molar-refractivity contribution in [2.75, 3.05) is 24.6 Å². The number of hydrogen-bond donors (Lipinski definition) is 1. The minimum Gasteiger partial charge on any atom is -0.396 e. The molecule has 1 heterocycles. The minimum atomic E-state index is -0.198. The number of hydrogen-bond acceptors (Lipinski definition) is 2. The number of rotatable bonds is 3. The molecule has 1 unspecified atom stereocenters. The summed E-state index contributed by atoms with van der Waals surface area (Å²) in [6.07, 6.45) is 2.34. The molecule has 0 radical (unpaired) electrons. The average Bonchev–Trinajstić information content (AvgIpc) is 2.81. The largest absolute Gasteiger partial charge is 0.396 e. The molecule has 0 spiro atoms. The number of aliphatic hydroxyl groups excluding tert-OH is 1. The quantitative estimate of drug-likeness (QED) is 0.851. The standard InChI is InChI=1S/C13H18FNO/c1-10(9-16)12-5-4-11(14)8-13(12)15-6-2-3-7-15/h4-5,8,10,16H,2-3,6-7,9H2,1H3. The van der Waals surface area contributed by atoms with E-state index in [1.807, 2.05) is 6.92 Å². The highest BCUT2D eigenvalue weighted by molar-refractivity contribution is 5.56. The van der Waals surface area contributed by atoms with Crippen LogP contribution in [-0.4, -0.2) is 24.8 Å². The van der Waals surface area contributed by atoms with E-state index in [0.717, 1.165) is 24.3 Å². The topological polar surface area (TPSA) is 23.5 Å². The lowest BCUT2D eigenvalue weighted by molar-refractivity contribution is 0.273. The van der Waals surface area contributed by atoms with Gasteiger partial charge < -0.3 is 10.0 Å². The van der Waals surface area contributed by atoms with Crippen molar-refractivity contribution in [3.8, 4) is 0 Å². The van der Waals surface area contributed by atoms with E-state index in [1.54, 1.807) is 12.1 Å². The van der Waals surface area contributed by atoms with Crippen LogP contribution in [0.15, 0.2) is 18.2 Å². The highest BCUT2D eigenvalue weighted by atomic mass is 19.1. The summed E-state index contributed by atoms with van der Waals surface area (Å²) in [6.45, 7) is 4.06. The van der Waals surface area contributed by atoms with Crippen LogP contribution in [0, 0.1) is 5.82 Å². The molecule has 88 valence electrons. The first kappa shape index (κ1) is 11.4. The smallest absolute Gasteiger partial charge is 0.125 e. The maximum absolute atomic E-state index is 13.3. The van der Waals surface area contributed by atoms with E-state index in [0.29, 0.717) is 0 Å².